The van der Waals surface area contributed by atoms with Crippen LogP contribution in [-0.4, -0.2) is 27.2 Å². The Morgan fingerprint density at radius 3 is 1.73 bits per heavy atom. The Morgan fingerprint density at radius 1 is 1.09 bits per heavy atom. The zero-order valence-electron chi connectivity index (χ0n) is 8.57. The summed E-state index contributed by atoms with van der Waals surface area (Å²) in [6.45, 7) is 13.7. The van der Waals surface area contributed by atoms with Crippen molar-refractivity contribution in [2.24, 2.45) is 0 Å². The summed E-state index contributed by atoms with van der Waals surface area (Å²) in [5, 5.41) is 0. The van der Waals surface area contributed by atoms with Gasteiger partial charge in [-0.3, -0.25) is 0 Å². The molecule has 0 radical (unpaired) electrons. The van der Waals surface area contributed by atoms with Crippen LogP contribution in [0.5, 0.6) is 0 Å². The second kappa shape index (κ2) is 2.71. The van der Waals surface area contributed by atoms with Gasteiger partial charge in [0.2, 0.25) is 0 Å². The summed E-state index contributed by atoms with van der Waals surface area (Å²) in [6, 6.07) is 0. The molecule has 66 valence electrons. The minimum absolute atomic E-state index is 0.841. The fraction of sp³-hybridized carbons (Fsp3) is 1.00. The topological polar surface area (TPSA) is 3.24 Å². The van der Waals surface area contributed by atoms with Crippen molar-refractivity contribution in [3.8, 4) is 0 Å². The third-order valence-corrected chi connectivity index (χ3v) is 16.7. The molecule has 0 N–H and O–H groups in total. The highest BCUT2D eigenvalue weighted by Gasteiger charge is 2.52. The van der Waals surface area contributed by atoms with Crippen molar-refractivity contribution in [3.63, 3.8) is 0 Å². The van der Waals surface area contributed by atoms with E-state index in [9.17, 15) is 0 Å². The summed E-state index contributed by atoms with van der Waals surface area (Å²) in [6.07, 6.45) is 1.34. The van der Waals surface area contributed by atoms with Gasteiger partial charge in [0.1, 0.15) is 16.5 Å². The monoisotopic (exact) mass is 187 g/mol. The Hall–Kier alpha value is 0.394. The van der Waals surface area contributed by atoms with Gasteiger partial charge < -0.3 is 4.23 Å². The molecule has 0 aromatic heterocycles. The van der Waals surface area contributed by atoms with Gasteiger partial charge in [-0.25, -0.2) is 0 Å². The largest absolute Gasteiger partial charge is 0.346 e. The fourth-order valence-corrected chi connectivity index (χ4v) is 20.3. The Morgan fingerprint density at radius 2 is 1.55 bits per heavy atom. The molecule has 0 unspecified atom stereocenters. The predicted octanol–water partition coefficient (Wildman–Crippen LogP) is 2.66. The van der Waals surface area contributed by atoms with Crippen LogP contribution in [0.2, 0.25) is 31.9 Å². The number of nitrogens with zero attached hydrogens (tertiary/aromatic N) is 1. The second-order valence-electron chi connectivity index (χ2n) is 4.95. The summed E-state index contributed by atoms with van der Waals surface area (Å²) < 4.78 is 2.89. The van der Waals surface area contributed by atoms with Crippen LogP contribution in [0.15, 0.2) is 0 Å². The van der Waals surface area contributed by atoms with Crippen molar-refractivity contribution in [2.45, 2.75) is 45.2 Å². The standard InChI is InChI=1S/C8H21NSi2/c1-6-7-9-10(2,3)8-11(9,4)5/h6-8H2,1-5H3. The van der Waals surface area contributed by atoms with Gasteiger partial charge in [0, 0.05) is 0 Å². The van der Waals surface area contributed by atoms with Crippen LogP contribution in [-0.2, 0) is 0 Å². The van der Waals surface area contributed by atoms with Gasteiger partial charge in [0.25, 0.3) is 0 Å². The van der Waals surface area contributed by atoms with Gasteiger partial charge >= 0.3 is 0 Å². The second-order valence-corrected chi connectivity index (χ2v) is 15.1. The minimum atomic E-state index is -0.841. The Labute approximate surface area is 73.0 Å². The van der Waals surface area contributed by atoms with E-state index in [-0.39, 0.29) is 0 Å². The summed E-state index contributed by atoms with van der Waals surface area (Å²) in [4.78, 5) is 0. The summed E-state index contributed by atoms with van der Waals surface area (Å²) in [5.41, 5.74) is 1.61. The summed E-state index contributed by atoms with van der Waals surface area (Å²) in [7, 11) is -1.68. The maximum Gasteiger partial charge on any atom is 0.114 e. The van der Waals surface area contributed by atoms with Crippen molar-refractivity contribution in [2.75, 3.05) is 6.54 Å². The molecule has 0 amide bonds. The van der Waals surface area contributed by atoms with E-state index in [1.807, 2.05) is 0 Å². The third kappa shape index (κ3) is 1.60. The van der Waals surface area contributed by atoms with Gasteiger partial charge in [-0.1, -0.05) is 33.1 Å². The maximum absolute atomic E-state index is 2.89. The zero-order valence-corrected chi connectivity index (χ0v) is 10.6. The molecule has 3 heteroatoms. The van der Waals surface area contributed by atoms with Gasteiger partial charge in [-0.05, 0) is 18.6 Å². The molecule has 0 bridgehead atoms. The van der Waals surface area contributed by atoms with Crippen LogP contribution in [0.1, 0.15) is 13.3 Å². The number of hydrogen-bond acceptors (Lipinski definition) is 1. The molecule has 1 nitrogen and oxygen atoms in total. The van der Waals surface area contributed by atoms with Crippen molar-refractivity contribution in [1.29, 1.82) is 0 Å². The first-order valence-corrected chi connectivity index (χ1v) is 11.0. The maximum atomic E-state index is 2.89. The molecule has 1 aliphatic rings. The lowest BCUT2D eigenvalue weighted by Crippen LogP contribution is -2.75. The van der Waals surface area contributed by atoms with Gasteiger partial charge in [0.05, 0.1) is 0 Å². The van der Waals surface area contributed by atoms with Crippen LogP contribution in [0, 0.1) is 0 Å². The molecule has 1 saturated heterocycles. The van der Waals surface area contributed by atoms with E-state index in [1.165, 1.54) is 13.0 Å². The van der Waals surface area contributed by atoms with E-state index in [1.54, 1.807) is 5.67 Å². The lowest BCUT2D eigenvalue weighted by molar-refractivity contribution is 0.564. The lowest BCUT2D eigenvalue weighted by atomic mass is 10.5. The van der Waals surface area contributed by atoms with Crippen LogP contribution in [0.4, 0.5) is 0 Å². The van der Waals surface area contributed by atoms with Crippen LogP contribution in [0.3, 0.4) is 0 Å². The first kappa shape index (κ1) is 9.48. The zero-order chi connectivity index (χ0) is 8.70. The highest BCUT2D eigenvalue weighted by atomic mass is 28.5. The lowest BCUT2D eigenvalue weighted by Gasteiger charge is -2.59. The molecule has 0 aliphatic carbocycles. The van der Waals surface area contributed by atoms with Gasteiger partial charge in [0.15, 0.2) is 0 Å². The van der Waals surface area contributed by atoms with E-state index in [0.717, 1.165) is 0 Å². The van der Waals surface area contributed by atoms with Crippen LogP contribution < -0.4 is 0 Å². The van der Waals surface area contributed by atoms with Crippen molar-refractivity contribution < 1.29 is 0 Å². The molecule has 1 rings (SSSR count). The van der Waals surface area contributed by atoms with E-state index in [2.05, 4.69) is 37.3 Å². The molecule has 0 saturated carbocycles. The van der Waals surface area contributed by atoms with E-state index >= 15 is 0 Å². The molecule has 11 heavy (non-hydrogen) atoms. The Balaban J connectivity index is 2.57. The molecular formula is C8H21NSi2. The number of hydrogen-bond donors (Lipinski definition) is 0. The first-order chi connectivity index (χ1) is 4.90. The smallest absolute Gasteiger partial charge is 0.114 e. The Bertz CT molecular complexity index is 140. The molecule has 1 fully saturated rings. The van der Waals surface area contributed by atoms with Crippen LogP contribution in [0.25, 0.3) is 0 Å². The summed E-state index contributed by atoms with van der Waals surface area (Å²) >= 11 is 0. The third-order valence-electron chi connectivity index (χ3n) is 2.77. The van der Waals surface area contributed by atoms with Crippen molar-refractivity contribution >= 4 is 16.5 Å². The van der Waals surface area contributed by atoms with E-state index in [4.69, 9.17) is 0 Å². The van der Waals surface area contributed by atoms with E-state index in [0.29, 0.717) is 0 Å². The van der Waals surface area contributed by atoms with Gasteiger partial charge in [-0.2, -0.15) is 0 Å². The Kier molecular flexibility index (Phi) is 2.34. The number of rotatable bonds is 2. The molecule has 1 heterocycles. The fourth-order valence-electron chi connectivity index (χ4n) is 2.81. The molecule has 0 aromatic carbocycles. The summed E-state index contributed by atoms with van der Waals surface area (Å²) in [5.74, 6) is 0. The highest BCUT2D eigenvalue weighted by molar-refractivity contribution is 7.07. The SMILES string of the molecule is CCCN1[Si](C)(C)C[Si]1(C)C. The molecule has 0 spiro atoms. The first-order valence-electron chi connectivity index (χ1n) is 4.68. The quantitative estimate of drug-likeness (QED) is 0.601. The molecule has 1 aliphatic heterocycles. The van der Waals surface area contributed by atoms with Crippen LogP contribution >= 0.6 is 0 Å². The minimum Gasteiger partial charge on any atom is -0.346 e. The van der Waals surface area contributed by atoms with Crippen molar-refractivity contribution in [3.05, 3.63) is 0 Å². The predicted molar refractivity (Wildman–Crippen MR) is 56.8 cm³/mol. The highest BCUT2D eigenvalue weighted by Crippen LogP contribution is 2.38. The molecular weight excluding hydrogens is 166 g/mol. The molecule has 0 atom stereocenters. The van der Waals surface area contributed by atoms with E-state index < -0.39 is 16.5 Å². The molecule has 0 aromatic rings. The normalized spacial score (nSPS) is 28.1. The average Bonchev–Trinajstić information content (AvgIpc) is 1.80. The average molecular weight is 187 g/mol. The van der Waals surface area contributed by atoms with Gasteiger partial charge in [-0.15, -0.1) is 0 Å². The van der Waals surface area contributed by atoms with Crippen molar-refractivity contribution in [1.82, 2.24) is 4.23 Å².